The Bertz CT molecular complexity index is 168. The largest absolute Gasteiger partial charge is 0.145 e. The predicted octanol–water partition coefficient (Wildman–Crippen LogP) is 5.67. The fourth-order valence-electron chi connectivity index (χ4n) is 1.85. The molecular weight excluding hydrogens is 232 g/mol. The molecule has 0 aliphatic carbocycles. The van der Waals surface area contributed by atoms with E-state index in [9.17, 15) is 0 Å². The Hall–Kier alpha value is 0.700. The Kier molecular flexibility index (Phi) is 9.12. The quantitative estimate of drug-likeness (QED) is 0.517. The summed E-state index contributed by atoms with van der Waals surface area (Å²) < 4.78 is 0.734. The average molecular weight is 263 g/mol. The molecule has 0 saturated carbocycles. The third kappa shape index (κ3) is 7.89. The zero-order chi connectivity index (χ0) is 12.7. The lowest BCUT2D eigenvalue weighted by Crippen LogP contribution is -2.13. The smallest absolute Gasteiger partial charge is 0.0479 e. The Balaban J connectivity index is 3.84. The van der Waals surface area contributed by atoms with Gasteiger partial charge in [-0.15, -0.1) is 23.5 Å². The van der Waals surface area contributed by atoms with Gasteiger partial charge in [-0.3, -0.25) is 0 Å². The molecular formula is C14H30S2. The predicted molar refractivity (Wildman–Crippen MR) is 82.5 cm³/mol. The second kappa shape index (κ2) is 8.74. The lowest BCUT2D eigenvalue weighted by atomic mass is 10.1. The fraction of sp³-hybridized carbons (Fsp3) is 1.00. The maximum absolute atomic E-state index is 2.38. The summed E-state index contributed by atoms with van der Waals surface area (Å²) in [7, 11) is 0. The van der Waals surface area contributed by atoms with Crippen LogP contribution in [-0.2, 0) is 0 Å². The van der Waals surface area contributed by atoms with Crippen LogP contribution in [0.4, 0.5) is 0 Å². The van der Waals surface area contributed by atoms with Crippen molar-refractivity contribution in [2.24, 2.45) is 11.8 Å². The molecule has 4 atom stereocenters. The van der Waals surface area contributed by atoms with E-state index in [1.165, 1.54) is 12.8 Å². The zero-order valence-electron chi connectivity index (χ0n) is 12.1. The Labute approximate surface area is 112 Å². The van der Waals surface area contributed by atoms with Gasteiger partial charge in [0.1, 0.15) is 0 Å². The third-order valence-electron chi connectivity index (χ3n) is 3.08. The topological polar surface area (TPSA) is 0 Å². The first kappa shape index (κ1) is 16.7. The van der Waals surface area contributed by atoms with E-state index in [1.54, 1.807) is 0 Å². The highest BCUT2D eigenvalue weighted by Gasteiger charge is 2.17. The number of rotatable bonds is 8. The van der Waals surface area contributed by atoms with E-state index in [4.69, 9.17) is 0 Å². The summed E-state index contributed by atoms with van der Waals surface area (Å²) in [6.07, 6.45) is 2.64. The molecule has 0 aliphatic rings. The van der Waals surface area contributed by atoms with Gasteiger partial charge in [-0.25, -0.2) is 0 Å². The van der Waals surface area contributed by atoms with Gasteiger partial charge in [0, 0.05) is 15.1 Å². The van der Waals surface area contributed by atoms with Crippen LogP contribution in [0, 0.1) is 11.8 Å². The summed E-state index contributed by atoms with van der Waals surface area (Å²) in [5.74, 6) is 1.67. The molecule has 0 fully saturated rings. The lowest BCUT2D eigenvalue weighted by Gasteiger charge is -2.24. The maximum atomic E-state index is 2.38. The second-order valence-corrected chi connectivity index (χ2v) is 9.18. The summed E-state index contributed by atoms with van der Waals surface area (Å²) in [5, 5.41) is 1.59. The molecule has 2 heteroatoms. The van der Waals surface area contributed by atoms with Gasteiger partial charge in [0.15, 0.2) is 0 Å². The van der Waals surface area contributed by atoms with Crippen LogP contribution in [0.5, 0.6) is 0 Å². The van der Waals surface area contributed by atoms with Crippen LogP contribution >= 0.6 is 23.5 Å². The first-order chi connectivity index (χ1) is 7.36. The minimum Gasteiger partial charge on any atom is -0.145 e. The molecule has 0 radical (unpaired) electrons. The van der Waals surface area contributed by atoms with Gasteiger partial charge in [-0.2, -0.15) is 0 Å². The van der Waals surface area contributed by atoms with Crippen molar-refractivity contribution in [2.75, 3.05) is 0 Å². The van der Waals surface area contributed by atoms with Gasteiger partial charge in [-0.1, -0.05) is 48.0 Å². The first-order valence-corrected chi connectivity index (χ1v) is 8.56. The summed E-state index contributed by atoms with van der Waals surface area (Å²) >= 11 is 4.30. The summed E-state index contributed by atoms with van der Waals surface area (Å²) in [6.45, 7) is 16.4. The SMILES string of the molecule is CCC(C)C(C)SC(C)SC(C)CC(C)C. The maximum Gasteiger partial charge on any atom is 0.0479 e. The van der Waals surface area contributed by atoms with Crippen molar-refractivity contribution in [3.05, 3.63) is 0 Å². The molecule has 0 aromatic carbocycles. The van der Waals surface area contributed by atoms with Crippen molar-refractivity contribution in [2.45, 2.75) is 76.4 Å². The van der Waals surface area contributed by atoms with Gasteiger partial charge < -0.3 is 0 Å². The molecule has 16 heavy (non-hydrogen) atoms. The number of thioether (sulfide) groups is 2. The van der Waals surface area contributed by atoms with E-state index in [1.807, 2.05) is 0 Å². The molecule has 0 spiro atoms. The van der Waals surface area contributed by atoms with Gasteiger partial charge in [-0.05, 0) is 25.2 Å². The minimum atomic E-state index is 0.734. The van der Waals surface area contributed by atoms with Crippen molar-refractivity contribution in [1.29, 1.82) is 0 Å². The van der Waals surface area contributed by atoms with Crippen LogP contribution in [0.1, 0.15) is 61.3 Å². The molecule has 0 heterocycles. The van der Waals surface area contributed by atoms with Crippen LogP contribution in [0.2, 0.25) is 0 Å². The molecule has 0 N–H and O–H groups in total. The fourth-order valence-corrected chi connectivity index (χ4v) is 5.41. The van der Waals surface area contributed by atoms with Gasteiger partial charge in [0.05, 0.1) is 0 Å². The van der Waals surface area contributed by atoms with Gasteiger partial charge in [0.25, 0.3) is 0 Å². The van der Waals surface area contributed by atoms with Crippen LogP contribution in [0.3, 0.4) is 0 Å². The monoisotopic (exact) mass is 262 g/mol. The average Bonchev–Trinajstić information content (AvgIpc) is 2.14. The van der Waals surface area contributed by atoms with Crippen LogP contribution in [-0.4, -0.2) is 15.1 Å². The summed E-state index contributed by atoms with van der Waals surface area (Å²) in [6, 6.07) is 0. The van der Waals surface area contributed by atoms with E-state index in [2.05, 4.69) is 72.0 Å². The highest BCUT2D eigenvalue weighted by atomic mass is 32.2. The normalized spacial score (nSPS) is 19.5. The highest BCUT2D eigenvalue weighted by molar-refractivity contribution is 8.17. The Morgan fingerprint density at radius 1 is 0.875 bits per heavy atom. The minimum absolute atomic E-state index is 0.734. The third-order valence-corrected chi connectivity index (χ3v) is 6.06. The zero-order valence-corrected chi connectivity index (χ0v) is 13.8. The van der Waals surface area contributed by atoms with E-state index >= 15 is 0 Å². The summed E-state index contributed by atoms with van der Waals surface area (Å²) in [5.41, 5.74) is 0. The molecule has 0 aromatic rings. The standard InChI is InChI=1S/C14H30S2/c1-8-11(4)13(6)16-14(7)15-12(5)9-10(2)3/h10-14H,8-9H2,1-7H3. The van der Waals surface area contributed by atoms with E-state index in [0.29, 0.717) is 0 Å². The second-order valence-electron chi connectivity index (χ2n) is 5.37. The first-order valence-electron chi connectivity index (χ1n) is 6.67. The van der Waals surface area contributed by atoms with Crippen molar-refractivity contribution >= 4 is 23.5 Å². The number of hydrogen-bond donors (Lipinski definition) is 0. The van der Waals surface area contributed by atoms with Crippen molar-refractivity contribution in [3.63, 3.8) is 0 Å². The van der Waals surface area contributed by atoms with Gasteiger partial charge >= 0.3 is 0 Å². The number of hydrogen-bond acceptors (Lipinski definition) is 2. The van der Waals surface area contributed by atoms with E-state index in [-0.39, 0.29) is 0 Å². The van der Waals surface area contributed by atoms with E-state index < -0.39 is 0 Å². The molecule has 98 valence electrons. The molecule has 0 bridgehead atoms. The molecule has 0 aliphatic heterocycles. The van der Waals surface area contributed by atoms with Crippen LogP contribution in [0.25, 0.3) is 0 Å². The van der Waals surface area contributed by atoms with Gasteiger partial charge in [0.2, 0.25) is 0 Å². The lowest BCUT2D eigenvalue weighted by molar-refractivity contribution is 0.557. The van der Waals surface area contributed by atoms with Crippen molar-refractivity contribution in [3.8, 4) is 0 Å². The highest BCUT2D eigenvalue weighted by Crippen LogP contribution is 2.35. The van der Waals surface area contributed by atoms with Crippen molar-refractivity contribution in [1.82, 2.24) is 0 Å². The van der Waals surface area contributed by atoms with Crippen molar-refractivity contribution < 1.29 is 0 Å². The molecule has 0 nitrogen and oxygen atoms in total. The van der Waals surface area contributed by atoms with Crippen LogP contribution in [0.15, 0.2) is 0 Å². The Morgan fingerprint density at radius 2 is 1.44 bits per heavy atom. The molecule has 0 amide bonds. The molecule has 0 aromatic heterocycles. The van der Waals surface area contributed by atoms with E-state index in [0.717, 1.165) is 26.9 Å². The molecule has 0 saturated heterocycles. The molecule has 0 rings (SSSR count). The summed E-state index contributed by atoms with van der Waals surface area (Å²) in [4.78, 5) is 0. The Morgan fingerprint density at radius 3 is 1.88 bits per heavy atom. The van der Waals surface area contributed by atoms with Crippen LogP contribution < -0.4 is 0 Å². The molecule has 4 unspecified atom stereocenters.